The summed E-state index contributed by atoms with van der Waals surface area (Å²) in [6.07, 6.45) is 4.86. The molecule has 1 aliphatic carbocycles. The summed E-state index contributed by atoms with van der Waals surface area (Å²) in [5.41, 5.74) is 1.08. The largest absolute Gasteiger partial charge is 0.496 e. The maximum atomic E-state index is 10.3. The lowest BCUT2D eigenvalue weighted by atomic mass is 9.73. The Kier molecular flexibility index (Phi) is 7.56. The lowest BCUT2D eigenvalue weighted by Gasteiger charge is -2.37. The van der Waals surface area contributed by atoms with Crippen molar-refractivity contribution in [3.8, 4) is 5.75 Å². The summed E-state index contributed by atoms with van der Waals surface area (Å²) >= 11 is 0. The first-order valence-electron chi connectivity index (χ1n) is 9.41. The summed E-state index contributed by atoms with van der Waals surface area (Å²) in [6.45, 7) is 6.47. The molecule has 0 bridgehead atoms. The second-order valence-electron chi connectivity index (χ2n) is 7.10. The van der Waals surface area contributed by atoms with Crippen molar-refractivity contribution in [1.29, 1.82) is 0 Å². The average molecular weight is 348 g/mol. The van der Waals surface area contributed by atoms with Gasteiger partial charge in [-0.1, -0.05) is 38.0 Å². The van der Waals surface area contributed by atoms with Crippen LogP contribution in [0.2, 0.25) is 0 Å². The molecule has 0 heterocycles. The van der Waals surface area contributed by atoms with Crippen LogP contribution in [0.25, 0.3) is 0 Å². The highest BCUT2D eigenvalue weighted by molar-refractivity contribution is 5.79. The lowest BCUT2D eigenvalue weighted by Crippen LogP contribution is -2.42. The number of methoxy groups -OCH3 is 1. The van der Waals surface area contributed by atoms with E-state index in [2.05, 4.69) is 30.5 Å². The van der Waals surface area contributed by atoms with Crippen LogP contribution < -0.4 is 15.4 Å². The van der Waals surface area contributed by atoms with E-state index in [9.17, 15) is 5.11 Å². The number of ether oxygens (including phenoxy) is 1. The van der Waals surface area contributed by atoms with Gasteiger partial charge in [0.15, 0.2) is 5.96 Å². The van der Waals surface area contributed by atoms with E-state index in [0.29, 0.717) is 6.54 Å². The van der Waals surface area contributed by atoms with Crippen LogP contribution in [-0.2, 0) is 6.42 Å². The molecule has 1 fully saturated rings. The lowest BCUT2D eigenvalue weighted by molar-refractivity contribution is 0.00716. The summed E-state index contributed by atoms with van der Waals surface area (Å²) in [5.74, 6) is 1.74. The molecule has 0 saturated heterocycles. The molecule has 0 spiro atoms. The Labute approximate surface area is 151 Å². The molecule has 3 N–H and O–H groups in total. The number of guanidine groups is 1. The fourth-order valence-electron chi connectivity index (χ4n) is 3.39. The van der Waals surface area contributed by atoms with Gasteiger partial charge in [-0.05, 0) is 37.8 Å². The van der Waals surface area contributed by atoms with Crippen LogP contribution in [0.15, 0.2) is 29.3 Å². The van der Waals surface area contributed by atoms with Gasteiger partial charge in [-0.15, -0.1) is 0 Å². The number of aliphatic imine (C=N–C) groups is 1. The quantitative estimate of drug-likeness (QED) is 0.524. The van der Waals surface area contributed by atoms with Crippen molar-refractivity contribution in [2.45, 2.75) is 52.1 Å². The zero-order valence-electron chi connectivity index (χ0n) is 15.8. The van der Waals surface area contributed by atoms with E-state index in [4.69, 9.17) is 9.73 Å². The third-order valence-electron chi connectivity index (χ3n) is 5.10. The first kappa shape index (κ1) is 19.6. The topological polar surface area (TPSA) is 65.9 Å². The van der Waals surface area contributed by atoms with E-state index < -0.39 is 0 Å². The fourth-order valence-corrected chi connectivity index (χ4v) is 3.39. The standard InChI is InChI=1S/C20H33N3O2/c1-4-21-19(23-15-20(2)13-8-7-11-18(20)24)22-14-12-16-9-5-6-10-17(16)25-3/h5-6,9-10,18,24H,4,7-8,11-15H2,1-3H3,(H2,21,22,23). The van der Waals surface area contributed by atoms with Crippen LogP contribution in [0.4, 0.5) is 0 Å². The second-order valence-corrected chi connectivity index (χ2v) is 7.10. The summed E-state index contributed by atoms with van der Waals surface area (Å²) in [6, 6.07) is 8.09. The maximum Gasteiger partial charge on any atom is 0.191 e. The van der Waals surface area contributed by atoms with Gasteiger partial charge in [0.2, 0.25) is 0 Å². The molecule has 25 heavy (non-hydrogen) atoms. The van der Waals surface area contributed by atoms with Crippen molar-refractivity contribution in [2.24, 2.45) is 10.4 Å². The van der Waals surface area contributed by atoms with Gasteiger partial charge in [0, 0.05) is 18.5 Å². The Hall–Kier alpha value is -1.75. The molecule has 5 heteroatoms. The smallest absolute Gasteiger partial charge is 0.191 e. The number of aliphatic hydroxyl groups is 1. The zero-order chi connectivity index (χ0) is 18.1. The monoisotopic (exact) mass is 347 g/mol. The van der Waals surface area contributed by atoms with E-state index >= 15 is 0 Å². The summed E-state index contributed by atoms with van der Waals surface area (Å²) < 4.78 is 5.40. The number of rotatable bonds is 7. The molecule has 5 nitrogen and oxygen atoms in total. The molecular weight excluding hydrogens is 314 g/mol. The van der Waals surface area contributed by atoms with Gasteiger partial charge < -0.3 is 20.5 Å². The minimum absolute atomic E-state index is 0.108. The number of hydrogen-bond donors (Lipinski definition) is 3. The van der Waals surface area contributed by atoms with E-state index in [0.717, 1.165) is 50.5 Å². The third kappa shape index (κ3) is 5.63. The average Bonchev–Trinajstić information content (AvgIpc) is 2.63. The van der Waals surface area contributed by atoms with Gasteiger partial charge in [0.1, 0.15) is 5.75 Å². The number of benzene rings is 1. The number of aliphatic hydroxyl groups excluding tert-OH is 1. The second kappa shape index (κ2) is 9.66. The van der Waals surface area contributed by atoms with Crippen molar-refractivity contribution in [3.05, 3.63) is 29.8 Å². The zero-order valence-corrected chi connectivity index (χ0v) is 15.8. The molecule has 1 aromatic carbocycles. The van der Waals surface area contributed by atoms with Crippen LogP contribution in [0.1, 0.15) is 45.1 Å². The van der Waals surface area contributed by atoms with Crippen LogP contribution in [0.3, 0.4) is 0 Å². The van der Waals surface area contributed by atoms with Gasteiger partial charge in [-0.2, -0.15) is 0 Å². The van der Waals surface area contributed by atoms with Crippen molar-refractivity contribution in [1.82, 2.24) is 10.6 Å². The molecule has 1 aromatic rings. The Morgan fingerprint density at radius 2 is 2.12 bits per heavy atom. The first-order valence-corrected chi connectivity index (χ1v) is 9.41. The fraction of sp³-hybridized carbons (Fsp3) is 0.650. The third-order valence-corrected chi connectivity index (χ3v) is 5.10. The summed E-state index contributed by atoms with van der Waals surface area (Å²) in [4.78, 5) is 4.74. The number of para-hydroxylation sites is 1. The molecule has 140 valence electrons. The maximum absolute atomic E-state index is 10.3. The highest BCUT2D eigenvalue weighted by atomic mass is 16.5. The molecule has 0 radical (unpaired) electrons. The number of nitrogens with one attached hydrogen (secondary N) is 2. The van der Waals surface area contributed by atoms with Crippen LogP contribution >= 0.6 is 0 Å². The predicted molar refractivity (Wildman–Crippen MR) is 103 cm³/mol. The molecule has 2 unspecified atom stereocenters. The van der Waals surface area contributed by atoms with Gasteiger partial charge in [-0.3, -0.25) is 4.99 Å². The van der Waals surface area contributed by atoms with E-state index in [1.165, 1.54) is 12.0 Å². The van der Waals surface area contributed by atoms with Crippen LogP contribution in [-0.4, -0.2) is 43.9 Å². The Balaban J connectivity index is 1.91. The molecule has 0 aliphatic heterocycles. The van der Waals surface area contributed by atoms with Crippen molar-refractivity contribution >= 4 is 5.96 Å². The SMILES string of the molecule is CCNC(=NCC1(C)CCCCC1O)NCCc1ccccc1OC. The first-order chi connectivity index (χ1) is 12.1. The minimum atomic E-state index is -0.249. The molecule has 2 atom stereocenters. The van der Waals surface area contributed by atoms with Gasteiger partial charge in [0.05, 0.1) is 19.8 Å². The predicted octanol–water partition coefficient (Wildman–Crippen LogP) is 2.73. The molecule has 1 saturated carbocycles. The van der Waals surface area contributed by atoms with E-state index in [-0.39, 0.29) is 11.5 Å². The van der Waals surface area contributed by atoms with Crippen molar-refractivity contribution in [3.63, 3.8) is 0 Å². The Morgan fingerprint density at radius 1 is 1.32 bits per heavy atom. The van der Waals surface area contributed by atoms with Gasteiger partial charge in [-0.25, -0.2) is 0 Å². The normalized spacial score (nSPS) is 24.0. The molecular formula is C20H33N3O2. The van der Waals surface area contributed by atoms with Crippen LogP contribution in [0.5, 0.6) is 5.75 Å². The Bertz CT molecular complexity index is 562. The molecule has 2 rings (SSSR count). The summed E-state index contributed by atoms with van der Waals surface area (Å²) in [5, 5.41) is 17.0. The number of nitrogens with zero attached hydrogens (tertiary/aromatic N) is 1. The van der Waals surface area contributed by atoms with E-state index in [1.54, 1.807) is 7.11 Å². The molecule has 0 amide bonds. The molecule has 1 aliphatic rings. The van der Waals surface area contributed by atoms with Crippen molar-refractivity contribution in [2.75, 3.05) is 26.7 Å². The molecule has 0 aromatic heterocycles. The number of hydrogen-bond acceptors (Lipinski definition) is 3. The Morgan fingerprint density at radius 3 is 2.84 bits per heavy atom. The van der Waals surface area contributed by atoms with Gasteiger partial charge in [0.25, 0.3) is 0 Å². The highest BCUT2D eigenvalue weighted by Gasteiger charge is 2.35. The van der Waals surface area contributed by atoms with E-state index in [1.807, 2.05) is 18.2 Å². The minimum Gasteiger partial charge on any atom is -0.496 e. The highest BCUT2D eigenvalue weighted by Crippen LogP contribution is 2.36. The summed E-state index contributed by atoms with van der Waals surface area (Å²) in [7, 11) is 1.70. The van der Waals surface area contributed by atoms with Gasteiger partial charge >= 0.3 is 0 Å². The van der Waals surface area contributed by atoms with Crippen molar-refractivity contribution < 1.29 is 9.84 Å². The van der Waals surface area contributed by atoms with Crippen LogP contribution in [0, 0.1) is 5.41 Å².